The second kappa shape index (κ2) is 12.9. The first-order chi connectivity index (χ1) is 22.4. The van der Waals surface area contributed by atoms with E-state index >= 15 is 0 Å². The topological polar surface area (TPSA) is 0 Å². The molecule has 224 valence electrons. The van der Waals surface area contributed by atoms with Crippen LogP contribution >= 0.6 is 0 Å². The molecular weight excluding hydrogens is 766 g/mol. The van der Waals surface area contributed by atoms with Gasteiger partial charge >= 0.3 is 285 Å². The SMILES string of the molecule is [CH3][Sn]1([CH3])[C](c2ccccc2)=C(c2ccccc2)C(c2ccccc2)=[C]1c1ccccc1.[CH3][Sn]1([CH3])[c]2ccccc2-c2cccc[c]21. The molecule has 0 N–H and O–H groups in total. The molecule has 0 bridgehead atoms. The van der Waals surface area contributed by atoms with E-state index in [-0.39, 0.29) is 0 Å². The molecule has 0 aromatic heterocycles. The average Bonchev–Trinajstić information content (AvgIpc) is 3.50. The first kappa shape index (κ1) is 31.0. The van der Waals surface area contributed by atoms with Gasteiger partial charge in [0.25, 0.3) is 0 Å². The minimum absolute atomic E-state index is 1.32. The van der Waals surface area contributed by atoms with Crippen molar-refractivity contribution < 1.29 is 0 Å². The molecule has 0 spiro atoms. The van der Waals surface area contributed by atoms with Crippen LogP contribution in [0.2, 0.25) is 19.8 Å². The van der Waals surface area contributed by atoms with Gasteiger partial charge in [0.15, 0.2) is 0 Å². The number of hydrogen-bond acceptors (Lipinski definition) is 0. The summed E-state index contributed by atoms with van der Waals surface area (Å²) in [6.07, 6.45) is 0. The van der Waals surface area contributed by atoms with Gasteiger partial charge in [-0.2, -0.15) is 0 Å². The molecule has 0 amide bonds. The summed E-state index contributed by atoms with van der Waals surface area (Å²) in [7, 11) is 0. The fraction of sp³-hybridized carbons (Fsp3) is 0.0909. The Kier molecular flexibility index (Phi) is 8.69. The van der Waals surface area contributed by atoms with Crippen LogP contribution in [-0.4, -0.2) is 36.8 Å². The van der Waals surface area contributed by atoms with E-state index in [2.05, 4.69) is 190 Å². The van der Waals surface area contributed by atoms with Crippen LogP contribution in [0.4, 0.5) is 0 Å². The van der Waals surface area contributed by atoms with Crippen molar-refractivity contribution in [2.24, 2.45) is 0 Å². The molecule has 0 saturated heterocycles. The van der Waals surface area contributed by atoms with E-state index in [9.17, 15) is 0 Å². The standard InChI is InChI=1S/C28H20.C12H8.4CH3.2Sn/c1-5-13-23(14-6-1)21-27(25-17-9-3-10-18-25)28(26-19-11-4-12-20-26)22-24-15-7-2-8-16-24;1-3-7-11(8-4-1)12-9-5-2-6-10-12;;;;;;/h1-20H;1-7,9H;4*1H3;;. The van der Waals surface area contributed by atoms with Crippen LogP contribution in [0.15, 0.2) is 170 Å². The Morgan fingerprint density at radius 2 is 0.565 bits per heavy atom. The molecule has 2 aliphatic heterocycles. The molecule has 0 saturated carbocycles. The Morgan fingerprint density at radius 1 is 0.283 bits per heavy atom. The molecule has 8 rings (SSSR count). The van der Waals surface area contributed by atoms with E-state index in [4.69, 9.17) is 0 Å². The van der Waals surface area contributed by atoms with Gasteiger partial charge in [-0.25, -0.2) is 0 Å². The Hall–Kier alpha value is -3.60. The molecule has 0 fully saturated rings. The molecule has 46 heavy (non-hydrogen) atoms. The van der Waals surface area contributed by atoms with Crippen molar-refractivity contribution >= 4 is 62.2 Å². The monoisotopic (exact) mass is 808 g/mol. The Balaban J connectivity index is 0.000000187. The molecule has 0 aliphatic carbocycles. The summed E-state index contributed by atoms with van der Waals surface area (Å²) in [5.41, 5.74) is 11.2. The molecular formula is C44H40Sn2. The van der Waals surface area contributed by atoms with E-state index in [1.807, 2.05) is 0 Å². The third-order valence-corrected chi connectivity index (χ3v) is 30.1. The first-order valence-electron chi connectivity index (χ1n) is 16.3. The van der Waals surface area contributed by atoms with Gasteiger partial charge in [-0.3, -0.25) is 0 Å². The average molecular weight is 806 g/mol. The Bertz CT molecular complexity index is 1900. The quantitative estimate of drug-likeness (QED) is 0.156. The van der Waals surface area contributed by atoms with Crippen molar-refractivity contribution in [2.75, 3.05) is 0 Å². The molecule has 0 nitrogen and oxygen atoms in total. The number of benzene rings is 6. The summed E-state index contributed by atoms with van der Waals surface area (Å²) in [4.78, 5) is 10.2. The Morgan fingerprint density at radius 3 is 0.913 bits per heavy atom. The van der Waals surface area contributed by atoms with Crippen LogP contribution in [0.3, 0.4) is 0 Å². The van der Waals surface area contributed by atoms with Gasteiger partial charge in [-0.05, 0) is 0 Å². The van der Waals surface area contributed by atoms with Crippen LogP contribution in [0.5, 0.6) is 0 Å². The fourth-order valence-corrected chi connectivity index (χ4v) is 27.4. The maximum absolute atomic E-state index is 2.97. The zero-order valence-corrected chi connectivity index (χ0v) is 32.9. The minimum atomic E-state index is -2.97. The molecule has 2 heteroatoms. The molecule has 2 aliphatic rings. The molecule has 2 heterocycles. The predicted molar refractivity (Wildman–Crippen MR) is 206 cm³/mol. The van der Waals surface area contributed by atoms with Crippen LogP contribution in [0.1, 0.15) is 22.3 Å². The second-order valence-electron chi connectivity index (χ2n) is 13.3. The van der Waals surface area contributed by atoms with Gasteiger partial charge in [-0.1, -0.05) is 0 Å². The fourth-order valence-electron chi connectivity index (χ4n) is 7.68. The summed E-state index contributed by atoms with van der Waals surface area (Å²) in [6, 6.07) is 62.0. The van der Waals surface area contributed by atoms with E-state index in [0.29, 0.717) is 0 Å². The summed E-state index contributed by atoms with van der Waals surface area (Å²) < 4.78 is 6.51. The van der Waals surface area contributed by atoms with E-state index in [0.717, 1.165) is 0 Å². The third kappa shape index (κ3) is 5.54. The normalized spacial score (nSPS) is 15.6. The zero-order chi connectivity index (χ0) is 31.7. The van der Waals surface area contributed by atoms with Gasteiger partial charge < -0.3 is 0 Å². The van der Waals surface area contributed by atoms with Crippen molar-refractivity contribution in [1.82, 2.24) is 0 Å². The number of allylic oxidation sites excluding steroid dienone is 2. The summed E-state index contributed by atoms with van der Waals surface area (Å²) >= 11 is -5.14. The van der Waals surface area contributed by atoms with Crippen LogP contribution < -0.4 is 7.16 Å². The Labute approximate surface area is 282 Å². The molecule has 0 radical (unpaired) electrons. The molecule has 6 aromatic rings. The predicted octanol–water partition coefficient (Wildman–Crippen LogP) is 10.5. The van der Waals surface area contributed by atoms with Gasteiger partial charge in [0.1, 0.15) is 0 Å². The molecule has 6 aromatic carbocycles. The van der Waals surface area contributed by atoms with Crippen LogP contribution in [-0.2, 0) is 0 Å². The van der Waals surface area contributed by atoms with Gasteiger partial charge in [0.05, 0.1) is 0 Å². The van der Waals surface area contributed by atoms with Gasteiger partial charge in [0.2, 0.25) is 0 Å². The third-order valence-electron chi connectivity index (χ3n) is 9.74. The number of hydrogen-bond donors (Lipinski definition) is 0. The van der Waals surface area contributed by atoms with E-state index < -0.39 is 36.8 Å². The molecule has 0 unspecified atom stereocenters. The van der Waals surface area contributed by atoms with Crippen molar-refractivity contribution in [1.29, 1.82) is 0 Å². The van der Waals surface area contributed by atoms with Crippen LogP contribution in [0, 0.1) is 0 Å². The summed E-state index contributed by atoms with van der Waals surface area (Å²) in [5, 5.41) is 0. The number of rotatable bonds is 4. The van der Waals surface area contributed by atoms with Crippen molar-refractivity contribution in [3.63, 3.8) is 0 Å². The van der Waals surface area contributed by atoms with Crippen molar-refractivity contribution in [2.45, 2.75) is 19.8 Å². The van der Waals surface area contributed by atoms with Crippen LogP contribution in [0.25, 0.3) is 29.5 Å². The summed E-state index contributed by atoms with van der Waals surface area (Å²) in [6.45, 7) is 0. The van der Waals surface area contributed by atoms with Gasteiger partial charge in [0, 0.05) is 0 Å². The number of fused-ring (bicyclic) bond motifs is 3. The zero-order valence-electron chi connectivity index (χ0n) is 27.2. The maximum atomic E-state index is 2.58. The van der Waals surface area contributed by atoms with E-state index in [1.165, 1.54) is 44.5 Å². The first-order valence-corrected chi connectivity index (χ1v) is 33.4. The van der Waals surface area contributed by atoms with Crippen molar-refractivity contribution in [3.8, 4) is 11.1 Å². The second-order valence-corrected chi connectivity index (χ2v) is 37.8. The van der Waals surface area contributed by atoms with Crippen molar-refractivity contribution in [3.05, 3.63) is 192 Å². The van der Waals surface area contributed by atoms with Gasteiger partial charge in [-0.15, -0.1) is 0 Å². The molecule has 0 atom stereocenters. The summed E-state index contributed by atoms with van der Waals surface area (Å²) in [5.74, 6) is 0. The van der Waals surface area contributed by atoms with E-state index in [1.54, 1.807) is 14.3 Å².